The molecule has 0 aromatic heterocycles. The minimum absolute atomic E-state index is 0.0152. The molecule has 2 amide bonds. The Labute approximate surface area is 179 Å². The van der Waals surface area contributed by atoms with Crippen LogP contribution >= 0.6 is 0 Å². The van der Waals surface area contributed by atoms with Gasteiger partial charge in [-0.1, -0.05) is 42.5 Å². The molecule has 1 N–H and O–H groups in total. The van der Waals surface area contributed by atoms with Gasteiger partial charge >= 0.3 is 0 Å². The number of piperidine rings is 1. The van der Waals surface area contributed by atoms with Crippen LogP contribution in [0, 0.1) is 5.92 Å². The summed E-state index contributed by atoms with van der Waals surface area (Å²) in [4.78, 5) is 26.4. The summed E-state index contributed by atoms with van der Waals surface area (Å²) in [6.45, 7) is 4.32. The third-order valence-electron chi connectivity index (χ3n) is 5.69. The molecule has 0 atom stereocenters. The van der Waals surface area contributed by atoms with Crippen molar-refractivity contribution >= 4 is 11.8 Å². The highest BCUT2D eigenvalue weighted by Crippen LogP contribution is 2.23. The lowest BCUT2D eigenvalue weighted by Gasteiger charge is -2.32. The molecule has 30 heavy (non-hydrogen) atoms. The molecule has 1 aliphatic rings. The first-order chi connectivity index (χ1) is 14.6. The van der Waals surface area contributed by atoms with Crippen LogP contribution in [-0.2, 0) is 22.4 Å². The van der Waals surface area contributed by atoms with Crippen molar-refractivity contribution in [1.29, 1.82) is 0 Å². The predicted molar refractivity (Wildman–Crippen MR) is 118 cm³/mol. The maximum absolute atomic E-state index is 12.4. The van der Waals surface area contributed by atoms with E-state index in [2.05, 4.69) is 17.4 Å². The van der Waals surface area contributed by atoms with E-state index in [0.717, 1.165) is 50.1 Å². The summed E-state index contributed by atoms with van der Waals surface area (Å²) >= 11 is 0. The van der Waals surface area contributed by atoms with Crippen LogP contribution in [0.2, 0.25) is 0 Å². The number of carbonyl (C=O) groups excluding carboxylic acids is 2. The van der Waals surface area contributed by atoms with Gasteiger partial charge in [0.2, 0.25) is 11.8 Å². The first-order valence-electron chi connectivity index (χ1n) is 10.9. The normalized spacial score (nSPS) is 14.4. The molecular formula is C25H32N2O3. The molecule has 5 heteroatoms. The number of amides is 2. The zero-order chi connectivity index (χ0) is 21.2. The van der Waals surface area contributed by atoms with E-state index in [4.69, 9.17) is 4.74 Å². The Morgan fingerprint density at radius 2 is 1.70 bits per heavy atom. The van der Waals surface area contributed by atoms with Gasteiger partial charge in [0, 0.05) is 13.1 Å². The van der Waals surface area contributed by atoms with Crippen LogP contribution in [0.1, 0.15) is 37.3 Å². The second-order valence-electron chi connectivity index (χ2n) is 7.88. The summed E-state index contributed by atoms with van der Waals surface area (Å²) in [5.74, 6) is 1.47. The van der Waals surface area contributed by atoms with Crippen molar-refractivity contribution in [2.24, 2.45) is 5.92 Å². The Morgan fingerprint density at radius 1 is 1.00 bits per heavy atom. The molecule has 0 unspecified atom stereocenters. The number of hydrogen-bond acceptors (Lipinski definition) is 3. The van der Waals surface area contributed by atoms with Gasteiger partial charge in [0.05, 0.1) is 19.6 Å². The average molecular weight is 409 g/mol. The van der Waals surface area contributed by atoms with Crippen molar-refractivity contribution in [3.63, 3.8) is 0 Å². The minimum atomic E-state index is -0.111. The standard InChI is InChI=1S/C25H32N2O3/c1-2-30-23-12-10-20(11-13-23)8-9-21-14-16-27(17-15-21)25(29)19-26-24(28)18-22-6-4-3-5-7-22/h3-7,10-13,21H,2,8-9,14-19H2,1H3,(H,26,28). The number of aryl methyl sites for hydroxylation is 1. The van der Waals surface area contributed by atoms with E-state index in [1.807, 2.05) is 54.3 Å². The summed E-state index contributed by atoms with van der Waals surface area (Å²) < 4.78 is 5.49. The first kappa shape index (κ1) is 21.9. The Hall–Kier alpha value is -2.82. The molecule has 3 rings (SSSR count). The zero-order valence-corrected chi connectivity index (χ0v) is 17.8. The third kappa shape index (κ3) is 6.90. The number of benzene rings is 2. The molecule has 1 fully saturated rings. The summed E-state index contributed by atoms with van der Waals surface area (Å²) in [6, 6.07) is 17.9. The maximum Gasteiger partial charge on any atom is 0.241 e. The molecule has 2 aromatic carbocycles. The van der Waals surface area contributed by atoms with Gasteiger partial charge in [-0.25, -0.2) is 0 Å². The smallest absolute Gasteiger partial charge is 0.241 e. The Bertz CT molecular complexity index is 797. The zero-order valence-electron chi connectivity index (χ0n) is 17.8. The van der Waals surface area contributed by atoms with Crippen molar-refractivity contribution in [3.05, 3.63) is 65.7 Å². The molecular weight excluding hydrogens is 376 g/mol. The average Bonchev–Trinajstić information content (AvgIpc) is 2.78. The van der Waals surface area contributed by atoms with Crippen LogP contribution < -0.4 is 10.1 Å². The molecule has 5 nitrogen and oxygen atoms in total. The molecule has 160 valence electrons. The number of nitrogens with zero attached hydrogens (tertiary/aromatic N) is 1. The fraction of sp³-hybridized carbons (Fsp3) is 0.440. The van der Waals surface area contributed by atoms with Crippen LogP contribution in [0.25, 0.3) is 0 Å². The fourth-order valence-corrected chi connectivity index (χ4v) is 3.89. The highest BCUT2D eigenvalue weighted by molar-refractivity contribution is 5.85. The van der Waals surface area contributed by atoms with Crippen molar-refractivity contribution in [2.75, 3.05) is 26.2 Å². The SMILES string of the molecule is CCOc1ccc(CCC2CCN(C(=O)CNC(=O)Cc3ccccc3)CC2)cc1. The van der Waals surface area contributed by atoms with Crippen LogP contribution in [0.3, 0.4) is 0 Å². The van der Waals surface area contributed by atoms with Gasteiger partial charge in [-0.05, 0) is 61.8 Å². The quantitative estimate of drug-likeness (QED) is 0.690. The number of hydrogen-bond donors (Lipinski definition) is 1. The summed E-state index contributed by atoms with van der Waals surface area (Å²) in [5.41, 5.74) is 2.29. The number of rotatable bonds is 9. The third-order valence-corrected chi connectivity index (χ3v) is 5.69. The van der Waals surface area contributed by atoms with Crippen LogP contribution in [-0.4, -0.2) is 43.0 Å². The van der Waals surface area contributed by atoms with Gasteiger partial charge in [-0.2, -0.15) is 0 Å². The maximum atomic E-state index is 12.4. The van der Waals surface area contributed by atoms with Gasteiger partial charge in [0.15, 0.2) is 0 Å². The lowest BCUT2D eigenvalue weighted by Crippen LogP contribution is -2.44. The largest absolute Gasteiger partial charge is 0.494 e. The number of carbonyl (C=O) groups is 2. The van der Waals surface area contributed by atoms with E-state index in [9.17, 15) is 9.59 Å². The van der Waals surface area contributed by atoms with E-state index in [1.165, 1.54) is 5.56 Å². The van der Waals surface area contributed by atoms with Crippen molar-refractivity contribution in [2.45, 2.75) is 39.0 Å². The number of nitrogens with one attached hydrogen (secondary N) is 1. The predicted octanol–water partition coefficient (Wildman–Crippen LogP) is 3.62. The molecule has 0 bridgehead atoms. The van der Waals surface area contributed by atoms with Gasteiger partial charge in [-0.15, -0.1) is 0 Å². The van der Waals surface area contributed by atoms with E-state index >= 15 is 0 Å². The summed E-state index contributed by atoms with van der Waals surface area (Å²) in [5, 5.41) is 2.76. The van der Waals surface area contributed by atoms with Crippen molar-refractivity contribution < 1.29 is 14.3 Å². The molecule has 0 aliphatic carbocycles. The van der Waals surface area contributed by atoms with Gasteiger partial charge in [0.1, 0.15) is 5.75 Å². The Morgan fingerprint density at radius 3 is 2.37 bits per heavy atom. The molecule has 1 heterocycles. The van der Waals surface area contributed by atoms with Crippen molar-refractivity contribution in [3.8, 4) is 5.75 Å². The second-order valence-corrected chi connectivity index (χ2v) is 7.88. The molecule has 2 aromatic rings. The van der Waals surface area contributed by atoms with Gasteiger partial charge in [0.25, 0.3) is 0 Å². The number of likely N-dealkylation sites (tertiary alicyclic amines) is 1. The highest BCUT2D eigenvalue weighted by Gasteiger charge is 2.22. The minimum Gasteiger partial charge on any atom is -0.494 e. The van der Waals surface area contributed by atoms with Gasteiger partial charge in [-0.3, -0.25) is 9.59 Å². The summed E-state index contributed by atoms with van der Waals surface area (Å²) in [6.07, 6.45) is 4.56. The molecule has 1 aliphatic heterocycles. The topological polar surface area (TPSA) is 58.6 Å². The molecule has 1 saturated heterocycles. The van der Waals surface area contributed by atoms with E-state index < -0.39 is 0 Å². The fourth-order valence-electron chi connectivity index (χ4n) is 3.89. The lowest BCUT2D eigenvalue weighted by molar-refractivity contribution is -0.133. The van der Waals surface area contributed by atoms with Crippen LogP contribution in [0.15, 0.2) is 54.6 Å². The Balaban J connectivity index is 1.33. The first-order valence-corrected chi connectivity index (χ1v) is 10.9. The number of ether oxygens (including phenoxy) is 1. The molecule has 0 spiro atoms. The van der Waals surface area contributed by atoms with Crippen molar-refractivity contribution in [1.82, 2.24) is 10.2 Å². The van der Waals surface area contributed by atoms with E-state index in [1.54, 1.807) is 0 Å². The van der Waals surface area contributed by atoms with Crippen LogP contribution in [0.5, 0.6) is 5.75 Å². The molecule has 0 radical (unpaired) electrons. The highest BCUT2D eigenvalue weighted by atomic mass is 16.5. The second kappa shape index (κ2) is 11.4. The monoisotopic (exact) mass is 408 g/mol. The Kier molecular flexibility index (Phi) is 8.30. The lowest BCUT2D eigenvalue weighted by atomic mass is 9.90. The van der Waals surface area contributed by atoms with E-state index in [0.29, 0.717) is 18.9 Å². The van der Waals surface area contributed by atoms with Gasteiger partial charge < -0.3 is 15.0 Å². The molecule has 0 saturated carbocycles. The van der Waals surface area contributed by atoms with E-state index in [-0.39, 0.29) is 18.4 Å². The summed E-state index contributed by atoms with van der Waals surface area (Å²) in [7, 11) is 0. The van der Waals surface area contributed by atoms with Crippen LogP contribution in [0.4, 0.5) is 0 Å².